The Balaban J connectivity index is 1.98. The summed E-state index contributed by atoms with van der Waals surface area (Å²) in [7, 11) is -3.51. The molecule has 1 saturated heterocycles. The monoisotopic (exact) mass is 322 g/mol. The Bertz CT molecular complexity index is 807. The molecule has 1 aliphatic heterocycles. The van der Waals surface area contributed by atoms with Gasteiger partial charge >= 0.3 is 0 Å². The number of amides is 1. The SMILES string of the molecule is CS(=O)(=O)c1nc(C(=O)NC2CCNCC2)c2ccccn12. The first-order chi connectivity index (χ1) is 10.5. The lowest BCUT2D eigenvalue weighted by Crippen LogP contribution is -2.42. The molecule has 0 aliphatic carbocycles. The molecule has 3 rings (SSSR count). The molecule has 2 aromatic rings. The van der Waals surface area contributed by atoms with Gasteiger partial charge in [0, 0.05) is 18.5 Å². The van der Waals surface area contributed by atoms with E-state index in [0.29, 0.717) is 5.52 Å². The molecule has 1 amide bonds. The van der Waals surface area contributed by atoms with Crippen molar-refractivity contribution in [2.24, 2.45) is 0 Å². The first kappa shape index (κ1) is 15.0. The van der Waals surface area contributed by atoms with Crippen LogP contribution in [0, 0.1) is 0 Å². The van der Waals surface area contributed by atoms with E-state index >= 15 is 0 Å². The van der Waals surface area contributed by atoms with Crippen LogP contribution >= 0.6 is 0 Å². The first-order valence-electron chi connectivity index (χ1n) is 7.15. The van der Waals surface area contributed by atoms with E-state index in [1.807, 2.05) is 0 Å². The number of nitrogens with zero attached hydrogens (tertiary/aromatic N) is 2. The lowest BCUT2D eigenvalue weighted by Gasteiger charge is -2.23. The summed E-state index contributed by atoms with van der Waals surface area (Å²) in [6, 6.07) is 5.25. The Hall–Kier alpha value is -1.93. The van der Waals surface area contributed by atoms with Crippen molar-refractivity contribution in [1.29, 1.82) is 0 Å². The van der Waals surface area contributed by atoms with Crippen LogP contribution in [0.25, 0.3) is 5.52 Å². The fourth-order valence-electron chi connectivity index (χ4n) is 2.66. The second kappa shape index (κ2) is 5.69. The van der Waals surface area contributed by atoms with E-state index in [9.17, 15) is 13.2 Å². The maximum Gasteiger partial charge on any atom is 0.272 e. The summed E-state index contributed by atoms with van der Waals surface area (Å²) in [5.41, 5.74) is 0.647. The minimum Gasteiger partial charge on any atom is -0.348 e. The van der Waals surface area contributed by atoms with Crippen LogP contribution in [-0.2, 0) is 9.84 Å². The van der Waals surface area contributed by atoms with Gasteiger partial charge in [0.15, 0.2) is 5.69 Å². The lowest BCUT2D eigenvalue weighted by atomic mass is 10.1. The summed E-state index contributed by atoms with van der Waals surface area (Å²) in [4.78, 5) is 16.5. The zero-order valence-electron chi connectivity index (χ0n) is 12.2. The molecule has 7 nitrogen and oxygen atoms in total. The van der Waals surface area contributed by atoms with Gasteiger partial charge < -0.3 is 10.6 Å². The number of imidazole rings is 1. The zero-order valence-corrected chi connectivity index (χ0v) is 13.1. The number of piperidine rings is 1. The second-order valence-electron chi connectivity index (χ2n) is 5.47. The number of nitrogens with one attached hydrogen (secondary N) is 2. The van der Waals surface area contributed by atoms with E-state index in [-0.39, 0.29) is 22.8 Å². The summed E-state index contributed by atoms with van der Waals surface area (Å²) < 4.78 is 25.1. The third-order valence-corrected chi connectivity index (χ3v) is 4.69. The van der Waals surface area contributed by atoms with Gasteiger partial charge in [0.1, 0.15) is 0 Å². The Morgan fingerprint density at radius 3 is 2.77 bits per heavy atom. The van der Waals surface area contributed by atoms with Crippen LogP contribution in [0.4, 0.5) is 0 Å². The van der Waals surface area contributed by atoms with Crippen molar-refractivity contribution in [2.45, 2.75) is 24.0 Å². The van der Waals surface area contributed by atoms with E-state index in [1.54, 1.807) is 24.4 Å². The van der Waals surface area contributed by atoms with E-state index < -0.39 is 9.84 Å². The zero-order chi connectivity index (χ0) is 15.7. The molecule has 0 spiro atoms. The predicted octanol–water partition coefficient (Wildman–Crippen LogP) is 0.220. The van der Waals surface area contributed by atoms with Gasteiger partial charge in [-0.05, 0) is 38.1 Å². The number of carbonyl (C=O) groups is 1. The topological polar surface area (TPSA) is 92.6 Å². The summed E-state index contributed by atoms with van der Waals surface area (Å²) >= 11 is 0. The summed E-state index contributed by atoms with van der Waals surface area (Å²) in [6.45, 7) is 1.73. The highest BCUT2D eigenvalue weighted by molar-refractivity contribution is 7.90. The number of aromatic nitrogens is 2. The molecule has 1 aliphatic rings. The van der Waals surface area contributed by atoms with Crippen LogP contribution in [0.15, 0.2) is 29.6 Å². The van der Waals surface area contributed by atoms with Crippen LogP contribution in [0.3, 0.4) is 0 Å². The van der Waals surface area contributed by atoms with Crippen molar-refractivity contribution in [1.82, 2.24) is 20.0 Å². The largest absolute Gasteiger partial charge is 0.348 e. The molecule has 0 unspecified atom stereocenters. The number of rotatable bonds is 3. The van der Waals surface area contributed by atoms with E-state index in [4.69, 9.17) is 0 Å². The third-order valence-electron chi connectivity index (χ3n) is 3.74. The van der Waals surface area contributed by atoms with Crippen molar-refractivity contribution in [3.8, 4) is 0 Å². The lowest BCUT2D eigenvalue weighted by molar-refractivity contribution is 0.0926. The number of fused-ring (bicyclic) bond motifs is 1. The van der Waals surface area contributed by atoms with Gasteiger partial charge in [-0.15, -0.1) is 0 Å². The average molecular weight is 322 g/mol. The highest BCUT2D eigenvalue weighted by Gasteiger charge is 2.24. The molecule has 8 heteroatoms. The molecule has 0 aromatic carbocycles. The minimum atomic E-state index is -3.51. The minimum absolute atomic E-state index is 0.0934. The molecule has 1 fully saturated rings. The number of hydrogen-bond donors (Lipinski definition) is 2. The van der Waals surface area contributed by atoms with Gasteiger partial charge in [-0.1, -0.05) is 6.07 Å². The predicted molar refractivity (Wildman–Crippen MR) is 81.7 cm³/mol. The van der Waals surface area contributed by atoms with Gasteiger partial charge in [0.05, 0.1) is 5.52 Å². The Morgan fingerprint density at radius 2 is 2.09 bits per heavy atom. The highest BCUT2D eigenvalue weighted by Crippen LogP contribution is 2.17. The second-order valence-corrected chi connectivity index (χ2v) is 7.38. The van der Waals surface area contributed by atoms with Crippen LogP contribution in [-0.4, -0.2) is 49.1 Å². The van der Waals surface area contributed by atoms with Crippen molar-refractivity contribution >= 4 is 21.3 Å². The molecule has 118 valence electrons. The molecular weight excluding hydrogens is 304 g/mol. The maximum absolute atomic E-state index is 12.5. The molecular formula is C14H18N4O3S. The summed E-state index contributed by atoms with van der Waals surface area (Å²) in [6.07, 6.45) is 4.40. The smallest absolute Gasteiger partial charge is 0.272 e. The van der Waals surface area contributed by atoms with Gasteiger partial charge in [-0.2, -0.15) is 0 Å². The summed E-state index contributed by atoms with van der Waals surface area (Å²) in [5.74, 6) is -0.328. The van der Waals surface area contributed by atoms with Crippen LogP contribution < -0.4 is 10.6 Å². The van der Waals surface area contributed by atoms with Gasteiger partial charge in [-0.25, -0.2) is 13.4 Å². The van der Waals surface area contributed by atoms with Crippen LogP contribution in [0.5, 0.6) is 0 Å². The Labute approximate surface area is 128 Å². The molecule has 0 bridgehead atoms. The fraction of sp³-hybridized carbons (Fsp3) is 0.429. The van der Waals surface area contributed by atoms with Crippen molar-refractivity contribution < 1.29 is 13.2 Å². The highest BCUT2D eigenvalue weighted by atomic mass is 32.2. The molecule has 0 radical (unpaired) electrons. The average Bonchev–Trinajstić information content (AvgIpc) is 2.88. The maximum atomic E-state index is 12.5. The first-order valence-corrected chi connectivity index (χ1v) is 9.04. The fourth-order valence-corrected chi connectivity index (χ4v) is 3.43. The number of hydrogen-bond acceptors (Lipinski definition) is 5. The van der Waals surface area contributed by atoms with Gasteiger partial charge in [0.25, 0.3) is 5.91 Å². The quantitative estimate of drug-likeness (QED) is 0.843. The molecule has 2 N–H and O–H groups in total. The van der Waals surface area contributed by atoms with E-state index in [1.165, 1.54) is 4.40 Å². The van der Waals surface area contributed by atoms with Crippen molar-refractivity contribution in [2.75, 3.05) is 19.3 Å². The van der Waals surface area contributed by atoms with Crippen LogP contribution in [0.1, 0.15) is 23.3 Å². The molecule has 2 aromatic heterocycles. The van der Waals surface area contributed by atoms with Gasteiger partial charge in [0.2, 0.25) is 15.0 Å². The van der Waals surface area contributed by atoms with E-state index in [2.05, 4.69) is 15.6 Å². The number of carbonyl (C=O) groups excluding carboxylic acids is 1. The molecule has 3 heterocycles. The third kappa shape index (κ3) is 2.84. The number of sulfone groups is 1. The van der Waals surface area contributed by atoms with Crippen molar-refractivity contribution in [3.05, 3.63) is 30.1 Å². The van der Waals surface area contributed by atoms with Crippen LogP contribution in [0.2, 0.25) is 0 Å². The van der Waals surface area contributed by atoms with E-state index in [0.717, 1.165) is 32.2 Å². The molecule has 0 saturated carbocycles. The van der Waals surface area contributed by atoms with Gasteiger partial charge in [-0.3, -0.25) is 9.20 Å². The normalized spacial score (nSPS) is 16.8. The summed E-state index contributed by atoms with van der Waals surface area (Å²) in [5, 5.41) is 6.06. The Kier molecular flexibility index (Phi) is 3.88. The number of pyridine rings is 1. The molecule has 0 atom stereocenters. The Morgan fingerprint density at radius 1 is 1.36 bits per heavy atom. The standard InChI is InChI=1S/C14H18N4O3S/c1-22(20,21)14-17-12(11-4-2-3-9-18(11)14)13(19)16-10-5-7-15-8-6-10/h2-4,9-10,15H,5-8H2,1H3,(H,16,19). The molecule has 22 heavy (non-hydrogen) atoms. The van der Waals surface area contributed by atoms with Crippen molar-refractivity contribution in [3.63, 3.8) is 0 Å².